The Morgan fingerprint density at radius 1 is 0.482 bits per heavy atom. The number of nitro benzene ring substituents is 2. The first-order chi connectivity index (χ1) is 26.8. The summed E-state index contributed by atoms with van der Waals surface area (Å²) >= 11 is 0. The highest BCUT2D eigenvalue weighted by Crippen LogP contribution is 2.21. The van der Waals surface area contributed by atoms with Crippen molar-refractivity contribution in [2.75, 3.05) is 39.6 Å². The number of hydrogen-bond donors (Lipinski definition) is 2. The molecule has 2 atom stereocenters. The molecule has 56 heavy (non-hydrogen) atoms. The molecule has 18 heteroatoms. The number of hydrogen-bond acceptors (Lipinski definition) is 14. The lowest BCUT2D eigenvalue weighted by Crippen LogP contribution is -2.24. The second-order valence-electron chi connectivity index (χ2n) is 13.8. The predicted octanol–water partition coefficient (Wildman–Crippen LogP) is 7.39. The van der Waals surface area contributed by atoms with Crippen molar-refractivity contribution in [3.05, 3.63) is 68.8 Å². The molecule has 0 unspecified atom stereocenters. The minimum Gasteiger partial charge on any atom is -0.388 e. The van der Waals surface area contributed by atoms with Gasteiger partial charge in [-0.2, -0.15) is 16.8 Å². The molecule has 0 bridgehead atoms. The molecule has 0 spiro atoms. The van der Waals surface area contributed by atoms with E-state index in [1.807, 2.05) is 0 Å². The Balaban J connectivity index is 1.29. The molecular weight excluding hydrogens is 773 g/mol. The average molecular weight is 833 g/mol. The first kappa shape index (κ1) is 49.0. The van der Waals surface area contributed by atoms with E-state index in [1.54, 1.807) is 0 Å². The van der Waals surface area contributed by atoms with E-state index in [-0.39, 0.29) is 34.4 Å². The number of aliphatic hydroxyl groups excluding tert-OH is 2. The molecule has 0 saturated heterocycles. The van der Waals surface area contributed by atoms with Crippen molar-refractivity contribution >= 4 is 31.6 Å². The zero-order valence-electron chi connectivity index (χ0n) is 32.2. The number of aliphatic hydroxyl groups is 2. The molecule has 0 aliphatic rings. The summed E-state index contributed by atoms with van der Waals surface area (Å²) in [5.41, 5.74) is -0.733. The number of ether oxygens (including phenoxy) is 2. The highest BCUT2D eigenvalue weighted by molar-refractivity contribution is 7.87. The van der Waals surface area contributed by atoms with E-state index in [2.05, 4.69) is 0 Å². The maximum absolute atomic E-state index is 12.2. The highest BCUT2D eigenvalue weighted by Gasteiger charge is 2.22. The van der Waals surface area contributed by atoms with Crippen LogP contribution < -0.4 is 0 Å². The van der Waals surface area contributed by atoms with Crippen LogP contribution in [-0.2, 0) is 38.1 Å². The van der Waals surface area contributed by atoms with E-state index < -0.39 is 55.5 Å². The van der Waals surface area contributed by atoms with Gasteiger partial charge in [0, 0.05) is 37.5 Å². The first-order valence-electron chi connectivity index (χ1n) is 19.6. The third kappa shape index (κ3) is 22.0. The lowest BCUT2D eigenvalue weighted by atomic mass is 10.0. The van der Waals surface area contributed by atoms with Crippen LogP contribution in [0.15, 0.2) is 58.3 Å². The second kappa shape index (κ2) is 28.3. The van der Waals surface area contributed by atoms with Crippen LogP contribution in [0, 0.1) is 20.2 Å². The van der Waals surface area contributed by atoms with Gasteiger partial charge in [0.15, 0.2) is 0 Å². The molecule has 0 aliphatic carbocycles. The van der Waals surface area contributed by atoms with Gasteiger partial charge in [-0.1, -0.05) is 115 Å². The summed E-state index contributed by atoms with van der Waals surface area (Å²) in [6.45, 7) is -0.196. The van der Waals surface area contributed by atoms with Gasteiger partial charge in [0.05, 0.1) is 36.3 Å². The smallest absolute Gasteiger partial charge is 0.297 e. The van der Waals surface area contributed by atoms with Crippen molar-refractivity contribution in [2.24, 2.45) is 0 Å². The van der Waals surface area contributed by atoms with Crippen LogP contribution in [0.25, 0.3) is 0 Å². The summed E-state index contributed by atoms with van der Waals surface area (Å²) in [7, 11) is -8.47. The van der Waals surface area contributed by atoms with Gasteiger partial charge in [-0.15, -0.1) is 0 Å². The maximum atomic E-state index is 12.2. The Labute approximate surface area is 331 Å². The van der Waals surface area contributed by atoms with Crippen molar-refractivity contribution in [1.82, 2.24) is 0 Å². The summed E-state index contributed by atoms with van der Waals surface area (Å²) in [5.74, 6) is 0. The molecule has 0 fully saturated rings. The lowest BCUT2D eigenvalue weighted by molar-refractivity contribution is -0.385. The topological polar surface area (TPSA) is 232 Å². The number of nitro groups is 2. The molecule has 0 aliphatic heterocycles. The van der Waals surface area contributed by atoms with E-state index >= 15 is 0 Å². The third-order valence-corrected chi connectivity index (χ3v) is 11.5. The fraction of sp³-hybridized carbons (Fsp3) is 0.684. The molecule has 2 N–H and O–H groups in total. The maximum Gasteiger partial charge on any atom is 0.297 e. The normalized spacial score (nSPS) is 13.1. The van der Waals surface area contributed by atoms with Gasteiger partial charge >= 0.3 is 0 Å². The Morgan fingerprint density at radius 3 is 1.05 bits per heavy atom. The molecule has 0 amide bonds. The van der Waals surface area contributed by atoms with Gasteiger partial charge in [0.1, 0.15) is 22.0 Å². The van der Waals surface area contributed by atoms with E-state index in [1.165, 1.54) is 113 Å². The van der Waals surface area contributed by atoms with E-state index in [9.17, 15) is 47.3 Å². The molecular formula is C38H60N2O14S2. The predicted molar refractivity (Wildman–Crippen MR) is 209 cm³/mol. The van der Waals surface area contributed by atoms with Gasteiger partial charge in [-0.05, 0) is 25.0 Å². The largest absolute Gasteiger partial charge is 0.388 e. The number of unbranched alkanes of at least 4 members (excludes halogenated alkanes) is 17. The Bertz CT molecular complexity index is 1510. The first-order valence-corrected chi connectivity index (χ1v) is 22.4. The molecule has 2 aromatic rings. The molecule has 0 radical (unpaired) electrons. The molecule has 318 valence electrons. The zero-order valence-corrected chi connectivity index (χ0v) is 33.9. The van der Waals surface area contributed by atoms with Crippen LogP contribution in [0.2, 0.25) is 0 Å². The van der Waals surface area contributed by atoms with Crippen molar-refractivity contribution < 1.29 is 54.7 Å². The Kier molecular flexibility index (Phi) is 24.8. The zero-order chi connectivity index (χ0) is 41.1. The van der Waals surface area contributed by atoms with Gasteiger partial charge in [0.25, 0.3) is 31.6 Å². The molecule has 2 aromatic carbocycles. The SMILES string of the molecule is O=[N+]([O-])c1cccc(S(=O)(=O)OC[C@@H](O)COCCCCCCCCCCCCCCCCCCCCOC[C@H](O)COS(=O)(=O)c2cccc([N+](=O)[O-])c2)c1. The van der Waals surface area contributed by atoms with Gasteiger partial charge in [-0.25, -0.2) is 0 Å². The Hall–Kier alpha value is -3.10. The summed E-state index contributed by atoms with van der Waals surface area (Å²) < 4.78 is 69.5. The van der Waals surface area contributed by atoms with Crippen LogP contribution in [0.4, 0.5) is 11.4 Å². The molecule has 0 saturated carbocycles. The van der Waals surface area contributed by atoms with Crippen molar-refractivity contribution in [3.63, 3.8) is 0 Å². The minimum absolute atomic E-state index is 0.0617. The van der Waals surface area contributed by atoms with Gasteiger partial charge < -0.3 is 19.7 Å². The standard InChI is InChI=1S/C38H60N2O14S2/c41-35(31-53-55(47,48)37-23-19-21-33(27-37)39(43)44)29-51-25-17-15-13-11-9-7-5-3-1-2-4-6-8-10-12-14-16-18-26-52-30-36(42)32-54-56(49,50)38-24-20-22-34(28-38)40(45)46/h19-24,27-28,35-36,41-42H,1-18,25-26,29-32H2/t35-,36-/m0/s1. The molecule has 16 nitrogen and oxygen atoms in total. The summed E-state index contributed by atoms with van der Waals surface area (Å²) in [4.78, 5) is 19.6. The third-order valence-electron chi connectivity index (χ3n) is 8.91. The van der Waals surface area contributed by atoms with E-state index in [0.29, 0.717) is 13.2 Å². The molecule has 2 rings (SSSR count). The Morgan fingerprint density at radius 2 is 0.768 bits per heavy atom. The summed E-state index contributed by atoms with van der Waals surface area (Å²) in [6.07, 6.45) is 18.7. The molecule has 0 aromatic heterocycles. The van der Waals surface area contributed by atoms with E-state index in [0.717, 1.165) is 50.7 Å². The fourth-order valence-corrected chi connectivity index (χ4v) is 7.71. The number of nitrogens with zero attached hydrogens (tertiary/aromatic N) is 2. The van der Waals surface area contributed by atoms with Crippen molar-refractivity contribution in [2.45, 2.75) is 138 Å². The van der Waals surface area contributed by atoms with Crippen molar-refractivity contribution in [1.29, 1.82) is 0 Å². The van der Waals surface area contributed by atoms with Crippen molar-refractivity contribution in [3.8, 4) is 0 Å². The van der Waals surface area contributed by atoms with Crippen LogP contribution in [0.3, 0.4) is 0 Å². The number of non-ortho nitro benzene ring substituents is 2. The monoisotopic (exact) mass is 832 g/mol. The minimum atomic E-state index is -4.23. The summed E-state index contributed by atoms with van der Waals surface area (Å²) in [6, 6.07) is 9.08. The van der Waals surface area contributed by atoms with Crippen LogP contribution in [0.5, 0.6) is 0 Å². The van der Waals surface area contributed by atoms with Gasteiger partial charge in [0.2, 0.25) is 0 Å². The quantitative estimate of drug-likeness (QED) is 0.0298. The van der Waals surface area contributed by atoms with Crippen LogP contribution in [-0.4, -0.2) is 88.7 Å². The lowest BCUT2D eigenvalue weighted by Gasteiger charge is -2.12. The second-order valence-corrected chi connectivity index (χ2v) is 17.0. The van der Waals surface area contributed by atoms with E-state index in [4.69, 9.17) is 17.8 Å². The highest BCUT2D eigenvalue weighted by atomic mass is 32.2. The molecule has 0 heterocycles. The summed E-state index contributed by atoms with van der Waals surface area (Å²) in [5, 5.41) is 41.7. The number of benzene rings is 2. The van der Waals surface area contributed by atoms with Crippen LogP contribution in [0.1, 0.15) is 116 Å². The van der Waals surface area contributed by atoms with Gasteiger partial charge in [-0.3, -0.25) is 28.6 Å². The fourth-order valence-electron chi connectivity index (χ4n) is 5.75. The van der Waals surface area contributed by atoms with Crippen LogP contribution >= 0.6 is 0 Å². The average Bonchev–Trinajstić information content (AvgIpc) is 3.18. The number of rotatable bonds is 35.